The molecule has 0 aliphatic carbocycles. The topological polar surface area (TPSA) is 93.6 Å². The van der Waals surface area contributed by atoms with E-state index in [0.29, 0.717) is 22.8 Å². The van der Waals surface area contributed by atoms with E-state index in [1.54, 1.807) is 12.5 Å². The first-order valence-corrected chi connectivity index (χ1v) is 8.96. The van der Waals surface area contributed by atoms with Crippen LogP contribution in [0.1, 0.15) is 42.5 Å². The van der Waals surface area contributed by atoms with Crippen molar-refractivity contribution in [1.82, 2.24) is 20.1 Å². The second-order valence-electron chi connectivity index (χ2n) is 5.25. The molecule has 6 nitrogen and oxygen atoms in total. The van der Waals surface area contributed by atoms with Crippen LogP contribution in [0.5, 0.6) is 0 Å². The van der Waals surface area contributed by atoms with Crippen molar-refractivity contribution in [2.75, 3.05) is 5.75 Å². The first kappa shape index (κ1) is 14.9. The van der Waals surface area contributed by atoms with Crippen molar-refractivity contribution in [3.8, 4) is 0 Å². The Balaban J connectivity index is 1.65. The van der Waals surface area contributed by atoms with E-state index < -0.39 is 0 Å². The summed E-state index contributed by atoms with van der Waals surface area (Å²) in [7, 11) is 0. The molecule has 1 aliphatic rings. The van der Waals surface area contributed by atoms with E-state index in [1.807, 2.05) is 23.5 Å². The molecule has 1 fully saturated rings. The second-order valence-corrected chi connectivity index (χ2v) is 8.24. The van der Waals surface area contributed by atoms with Gasteiger partial charge in [0, 0.05) is 34.6 Å². The highest BCUT2D eigenvalue weighted by Crippen LogP contribution is 2.43. The zero-order valence-corrected chi connectivity index (χ0v) is 13.7. The van der Waals surface area contributed by atoms with Crippen LogP contribution in [0.3, 0.4) is 0 Å². The van der Waals surface area contributed by atoms with E-state index in [-0.39, 0.29) is 11.3 Å². The predicted octanol–water partition coefficient (Wildman–Crippen LogP) is 2.33. The molecule has 1 saturated heterocycles. The number of aromatic amines is 1. The number of H-pyrrole nitrogens is 1. The SMILES string of the molecule is CC1SCC(c2noc([C@@H](N)Cc3cnc[nH]3)n2)SC1C. The fourth-order valence-electron chi connectivity index (χ4n) is 2.17. The van der Waals surface area contributed by atoms with E-state index >= 15 is 0 Å². The van der Waals surface area contributed by atoms with Gasteiger partial charge in [-0.25, -0.2) is 4.98 Å². The number of nitrogens with two attached hydrogens (primary N) is 1. The van der Waals surface area contributed by atoms with Crippen LogP contribution < -0.4 is 5.73 Å². The normalized spacial score (nSPS) is 27.7. The van der Waals surface area contributed by atoms with Gasteiger partial charge in [0.15, 0.2) is 5.82 Å². The summed E-state index contributed by atoms with van der Waals surface area (Å²) < 4.78 is 5.35. The van der Waals surface area contributed by atoms with Crippen LogP contribution in [0, 0.1) is 0 Å². The van der Waals surface area contributed by atoms with Gasteiger partial charge in [-0.3, -0.25) is 0 Å². The summed E-state index contributed by atoms with van der Waals surface area (Å²) >= 11 is 3.88. The maximum Gasteiger partial charge on any atom is 0.244 e. The Bertz CT molecular complexity index is 573. The third-order valence-electron chi connectivity index (χ3n) is 3.61. The van der Waals surface area contributed by atoms with Crippen LogP contribution in [0.25, 0.3) is 0 Å². The van der Waals surface area contributed by atoms with Crippen LogP contribution in [-0.4, -0.2) is 36.4 Å². The Morgan fingerprint density at radius 2 is 2.33 bits per heavy atom. The molecule has 8 heteroatoms. The molecule has 0 spiro atoms. The Kier molecular flexibility index (Phi) is 4.56. The summed E-state index contributed by atoms with van der Waals surface area (Å²) in [5, 5.41) is 5.67. The van der Waals surface area contributed by atoms with E-state index in [1.165, 1.54) is 0 Å². The monoisotopic (exact) mass is 325 g/mol. The molecule has 114 valence electrons. The number of nitrogens with zero attached hydrogens (tertiary/aromatic N) is 3. The molecule has 3 rings (SSSR count). The standard InChI is InChI=1S/C13H19N5OS2/c1-7-8(2)21-11(5-20-7)12-17-13(19-18-12)10(14)3-9-4-15-6-16-9/h4,6-8,10-11H,3,5,14H2,1-2H3,(H,15,16)/t7?,8?,10-,11?/m0/s1. The Labute approximate surface area is 132 Å². The van der Waals surface area contributed by atoms with E-state index in [2.05, 4.69) is 34.0 Å². The summed E-state index contributed by atoms with van der Waals surface area (Å²) in [5.41, 5.74) is 7.09. The van der Waals surface area contributed by atoms with E-state index in [4.69, 9.17) is 10.3 Å². The maximum absolute atomic E-state index is 6.12. The summed E-state index contributed by atoms with van der Waals surface area (Å²) in [4.78, 5) is 11.5. The lowest BCUT2D eigenvalue weighted by atomic mass is 10.2. The van der Waals surface area contributed by atoms with Gasteiger partial charge in [-0.05, 0) is 0 Å². The van der Waals surface area contributed by atoms with Gasteiger partial charge < -0.3 is 15.2 Å². The minimum atomic E-state index is -0.302. The Morgan fingerprint density at radius 3 is 3.05 bits per heavy atom. The largest absolute Gasteiger partial charge is 0.348 e. The van der Waals surface area contributed by atoms with Gasteiger partial charge in [-0.2, -0.15) is 16.7 Å². The minimum absolute atomic E-state index is 0.290. The zero-order chi connectivity index (χ0) is 14.8. The Hall–Kier alpha value is -0.990. The molecule has 0 bridgehead atoms. The lowest BCUT2D eigenvalue weighted by Gasteiger charge is -2.29. The lowest BCUT2D eigenvalue weighted by Crippen LogP contribution is -2.22. The number of hydrogen-bond donors (Lipinski definition) is 2. The van der Waals surface area contributed by atoms with Crippen molar-refractivity contribution in [1.29, 1.82) is 0 Å². The highest BCUT2D eigenvalue weighted by atomic mass is 32.2. The second kappa shape index (κ2) is 6.41. The Morgan fingerprint density at radius 1 is 1.48 bits per heavy atom. The molecule has 2 aromatic rings. The first-order chi connectivity index (χ1) is 10.1. The van der Waals surface area contributed by atoms with Crippen LogP contribution in [-0.2, 0) is 6.42 Å². The molecular weight excluding hydrogens is 306 g/mol. The number of aromatic nitrogens is 4. The highest BCUT2D eigenvalue weighted by molar-refractivity contribution is 8.07. The van der Waals surface area contributed by atoms with Gasteiger partial charge in [0.1, 0.15) is 0 Å². The molecule has 21 heavy (non-hydrogen) atoms. The third kappa shape index (κ3) is 3.44. The minimum Gasteiger partial charge on any atom is -0.348 e. The molecule has 2 aromatic heterocycles. The molecule has 0 radical (unpaired) electrons. The molecular formula is C13H19N5OS2. The van der Waals surface area contributed by atoms with Gasteiger partial charge in [0.25, 0.3) is 0 Å². The fourth-order valence-corrected chi connectivity index (χ4v) is 5.00. The van der Waals surface area contributed by atoms with E-state index in [0.717, 1.165) is 17.3 Å². The van der Waals surface area contributed by atoms with Gasteiger partial charge in [0.2, 0.25) is 5.89 Å². The van der Waals surface area contributed by atoms with Crippen LogP contribution in [0.4, 0.5) is 0 Å². The number of hydrogen-bond acceptors (Lipinski definition) is 7. The quantitative estimate of drug-likeness (QED) is 0.891. The maximum atomic E-state index is 6.12. The van der Waals surface area contributed by atoms with Crippen LogP contribution >= 0.6 is 23.5 Å². The van der Waals surface area contributed by atoms with Gasteiger partial charge >= 0.3 is 0 Å². The van der Waals surface area contributed by atoms with Crippen molar-refractivity contribution >= 4 is 23.5 Å². The number of nitrogens with one attached hydrogen (secondary N) is 1. The van der Waals surface area contributed by atoms with Crippen molar-refractivity contribution < 1.29 is 4.52 Å². The van der Waals surface area contributed by atoms with Crippen LogP contribution in [0.2, 0.25) is 0 Å². The van der Waals surface area contributed by atoms with Crippen molar-refractivity contribution in [2.24, 2.45) is 5.73 Å². The molecule has 0 amide bonds. The number of thioether (sulfide) groups is 2. The first-order valence-electron chi connectivity index (χ1n) is 6.97. The van der Waals surface area contributed by atoms with Crippen molar-refractivity contribution in [2.45, 2.75) is 42.1 Å². The van der Waals surface area contributed by atoms with Crippen molar-refractivity contribution in [3.63, 3.8) is 0 Å². The summed E-state index contributed by atoms with van der Waals surface area (Å²) in [6.45, 7) is 4.51. The zero-order valence-electron chi connectivity index (χ0n) is 12.0. The summed E-state index contributed by atoms with van der Waals surface area (Å²) in [6, 6.07) is -0.302. The third-order valence-corrected chi connectivity index (χ3v) is 6.99. The summed E-state index contributed by atoms with van der Waals surface area (Å²) in [6.07, 6.45) is 4.01. The smallest absolute Gasteiger partial charge is 0.244 e. The molecule has 3 N–H and O–H groups in total. The molecule has 0 aromatic carbocycles. The fraction of sp³-hybridized carbons (Fsp3) is 0.615. The number of imidazole rings is 1. The van der Waals surface area contributed by atoms with Gasteiger partial charge in [0.05, 0.1) is 17.6 Å². The average Bonchev–Trinajstić information content (AvgIpc) is 3.12. The van der Waals surface area contributed by atoms with Gasteiger partial charge in [-0.15, -0.1) is 11.8 Å². The highest BCUT2D eigenvalue weighted by Gasteiger charge is 2.30. The van der Waals surface area contributed by atoms with Crippen LogP contribution in [0.15, 0.2) is 17.0 Å². The van der Waals surface area contributed by atoms with Gasteiger partial charge in [-0.1, -0.05) is 19.0 Å². The molecule has 4 atom stereocenters. The summed E-state index contributed by atoms with van der Waals surface area (Å²) in [5.74, 6) is 2.28. The molecule has 3 unspecified atom stereocenters. The molecule has 3 heterocycles. The lowest BCUT2D eigenvalue weighted by molar-refractivity contribution is 0.349. The molecule has 1 aliphatic heterocycles. The van der Waals surface area contributed by atoms with E-state index in [9.17, 15) is 0 Å². The average molecular weight is 325 g/mol. The number of rotatable bonds is 4. The predicted molar refractivity (Wildman–Crippen MR) is 85.2 cm³/mol. The molecule has 0 saturated carbocycles. The van der Waals surface area contributed by atoms with Crippen molar-refractivity contribution in [3.05, 3.63) is 29.9 Å².